The van der Waals surface area contributed by atoms with Crippen LogP contribution in [0, 0.1) is 5.92 Å². The lowest BCUT2D eigenvalue weighted by molar-refractivity contribution is -0.120. The number of hydrogen-bond acceptors (Lipinski definition) is 5. The highest BCUT2D eigenvalue weighted by molar-refractivity contribution is 5.93. The second-order valence-corrected chi connectivity index (χ2v) is 6.37. The van der Waals surface area contributed by atoms with Gasteiger partial charge in [0.2, 0.25) is 5.91 Å². The molecule has 1 aromatic heterocycles. The summed E-state index contributed by atoms with van der Waals surface area (Å²) in [5, 5.41) is 7.22. The van der Waals surface area contributed by atoms with Crippen LogP contribution in [0.2, 0.25) is 0 Å². The van der Waals surface area contributed by atoms with Crippen LogP contribution in [0.15, 0.2) is 29.1 Å². The first-order valence-corrected chi connectivity index (χ1v) is 8.37. The molecule has 1 aromatic carbocycles. The molecule has 0 saturated carbocycles. The van der Waals surface area contributed by atoms with Gasteiger partial charge in [0.05, 0.1) is 5.69 Å². The summed E-state index contributed by atoms with van der Waals surface area (Å²) in [5.41, 5.74) is 2.32. The van der Waals surface area contributed by atoms with Gasteiger partial charge in [-0.15, -0.1) is 0 Å². The summed E-state index contributed by atoms with van der Waals surface area (Å²) in [6.45, 7) is 1.04. The van der Waals surface area contributed by atoms with E-state index in [0.29, 0.717) is 49.7 Å². The van der Waals surface area contributed by atoms with E-state index >= 15 is 0 Å². The number of rotatable bonds is 2. The fraction of sp³-hybridized carbons (Fsp3) is 0.389. The summed E-state index contributed by atoms with van der Waals surface area (Å²) in [5.74, 6) is 1.11. The van der Waals surface area contributed by atoms with Crippen molar-refractivity contribution in [2.24, 2.45) is 13.0 Å². The van der Waals surface area contributed by atoms with Gasteiger partial charge in [-0.2, -0.15) is 5.10 Å². The molecule has 1 amide bonds. The van der Waals surface area contributed by atoms with Crippen molar-refractivity contribution in [1.29, 1.82) is 0 Å². The second kappa shape index (κ2) is 6.23. The lowest BCUT2D eigenvalue weighted by atomic mass is 9.86. The molecule has 0 fully saturated rings. The Hall–Kier alpha value is -2.83. The summed E-state index contributed by atoms with van der Waals surface area (Å²) < 4.78 is 12.4. The summed E-state index contributed by atoms with van der Waals surface area (Å²) >= 11 is 0. The number of aryl methyl sites for hydroxylation is 2. The van der Waals surface area contributed by atoms with E-state index in [0.717, 1.165) is 11.3 Å². The van der Waals surface area contributed by atoms with Crippen molar-refractivity contribution in [3.63, 3.8) is 0 Å². The number of nitrogens with one attached hydrogen (secondary N) is 1. The maximum atomic E-state index is 12.6. The van der Waals surface area contributed by atoms with Gasteiger partial charge in [0.25, 0.3) is 5.56 Å². The largest absolute Gasteiger partial charge is 0.486 e. The summed E-state index contributed by atoms with van der Waals surface area (Å²) in [7, 11) is 1.64. The van der Waals surface area contributed by atoms with Crippen LogP contribution < -0.4 is 20.3 Å². The maximum absolute atomic E-state index is 12.6. The Morgan fingerprint density at radius 3 is 2.88 bits per heavy atom. The van der Waals surface area contributed by atoms with Gasteiger partial charge >= 0.3 is 0 Å². The van der Waals surface area contributed by atoms with Gasteiger partial charge in [0.1, 0.15) is 13.2 Å². The number of nitrogens with zero attached hydrogens (tertiary/aromatic N) is 2. The third kappa shape index (κ3) is 3.09. The summed E-state index contributed by atoms with van der Waals surface area (Å²) in [4.78, 5) is 24.4. The van der Waals surface area contributed by atoms with E-state index in [-0.39, 0.29) is 17.4 Å². The average molecular weight is 341 g/mol. The molecule has 7 nitrogen and oxygen atoms in total. The number of amides is 1. The molecule has 4 rings (SSSR count). The molecule has 2 aliphatic rings. The molecule has 2 aromatic rings. The van der Waals surface area contributed by atoms with Crippen molar-refractivity contribution in [2.75, 3.05) is 18.5 Å². The number of benzene rings is 1. The molecule has 0 bridgehead atoms. The van der Waals surface area contributed by atoms with E-state index in [4.69, 9.17) is 9.47 Å². The Balaban J connectivity index is 1.48. The third-order valence-electron chi connectivity index (χ3n) is 4.63. The molecule has 7 heteroatoms. The Bertz CT molecular complexity index is 890. The van der Waals surface area contributed by atoms with Crippen molar-refractivity contribution in [1.82, 2.24) is 9.78 Å². The molecule has 0 saturated heterocycles. The average Bonchev–Trinajstić information content (AvgIpc) is 2.62. The van der Waals surface area contributed by atoms with Crippen LogP contribution in [0.25, 0.3) is 0 Å². The number of ether oxygens (including phenoxy) is 2. The van der Waals surface area contributed by atoms with Crippen LogP contribution in [0.1, 0.15) is 17.7 Å². The summed E-state index contributed by atoms with van der Waals surface area (Å²) in [6, 6.07) is 6.97. The standard InChI is InChI=1S/C18H19N3O4/c1-21-17(22)9-12-8-11(2-4-14(12)20-21)18(23)19-13-3-5-15-16(10-13)25-7-6-24-15/h3,5,9-11H,2,4,6-8H2,1H3,(H,19,23)/t11-/m0/s1. The van der Waals surface area contributed by atoms with E-state index in [1.807, 2.05) is 0 Å². The van der Waals surface area contributed by atoms with Gasteiger partial charge in [-0.1, -0.05) is 0 Å². The Kier molecular flexibility index (Phi) is 3.91. The van der Waals surface area contributed by atoms with Crippen LogP contribution >= 0.6 is 0 Å². The van der Waals surface area contributed by atoms with Crippen LogP contribution in [0.3, 0.4) is 0 Å². The first-order chi connectivity index (χ1) is 12.1. The van der Waals surface area contributed by atoms with Crippen molar-refractivity contribution >= 4 is 11.6 Å². The lowest BCUT2D eigenvalue weighted by Gasteiger charge is -2.24. The highest BCUT2D eigenvalue weighted by Crippen LogP contribution is 2.33. The van der Waals surface area contributed by atoms with Gasteiger partial charge in [-0.25, -0.2) is 4.68 Å². The monoisotopic (exact) mass is 341 g/mol. The lowest BCUT2D eigenvalue weighted by Crippen LogP contribution is -2.31. The maximum Gasteiger partial charge on any atom is 0.266 e. The first kappa shape index (κ1) is 15.7. The molecule has 0 radical (unpaired) electrons. The Morgan fingerprint density at radius 1 is 1.24 bits per heavy atom. The highest BCUT2D eigenvalue weighted by atomic mass is 16.6. The number of aromatic nitrogens is 2. The molecule has 0 unspecified atom stereocenters. The van der Waals surface area contributed by atoms with Gasteiger partial charge in [-0.3, -0.25) is 9.59 Å². The number of carbonyl (C=O) groups is 1. The normalized spacial score (nSPS) is 18.4. The molecular weight excluding hydrogens is 322 g/mol. The van der Waals surface area contributed by atoms with Crippen LogP contribution in [0.4, 0.5) is 5.69 Å². The molecule has 25 heavy (non-hydrogen) atoms. The molecular formula is C18H19N3O4. The molecule has 0 spiro atoms. The van der Waals surface area contributed by atoms with Crippen molar-refractivity contribution in [3.05, 3.63) is 45.9 Å². The van der Waals surface area contributed by atoms with Crippen LogP contribution in [-0.2, 0) is 24.7 Å². The SMILES string of the molecule is Cn1nc2c(cc1=O)C[C@@H](C(=O)Nc1ccc3c(c1)OCCO3)CC2. The number of anilines is 1. The third-order valence-corrected chi connectivity index (χ3v) is 4.63. The zero-order valence-electron chi connectivity index (χ0n) is 13.9. The zero-order chi connectivity index (χ0) is 17.4. The second-order valence-electron chi connectivity index (χ2n) is 6.37. The topological polar surface area (TPSA) is 82.5 Å². The van der Waals surface area contributed by atoms with Gasteiger partial charge in [-0.05, 0) is 37.0 Å². The van der Waals surface area contributed by atoms with E-state index in [2.05, 4.69) is 10.4 Å². The summed E-state index contributed by atoms with van der Waals surface area (Å²) in [6.07, 6.45) is 1.95. The molecule has 2 heterocycles. The fourth-order valence-electron chi connectivity index (χ4n) is 3.28. The van der Waals surface area contributed by atoms with Gasteiger partial charge < -0.3 is 14.8 Å². The Labute approximate surface area is 144 Å². The molecule has 1 aliphatic heterocycles. The van der Waals surface area contributed by atoms with E-state index in [9.17, 15) is 9.59 Å². The number of carbonyl (C=O) groups excluding carboxylic acids is 1. The Morgan fingerprint density at radius 2 is 2.04 bits per heavy atom. The molecule has 130 valence electrons. The minimum absolute atomic E-state index is 0.0528. The quantitative estimate of drug-likeness (QED) is 0.890. The zero-order valence-corrected chi connectivity index (χ0v) is 13.9. The van der Waals surface area contributed by atoms with E-state index in [1.165, 1.54) is 4.68 Å². The predicted octanol–water partition coefficient (Wildman–Crippen LogP) is 1.30. The molecule has 1 aliphatic carbocycles. The van der Waals surface area contributed by atoms with Crippen LogP contribution in [0.5, 0.6) is 11.5 Å². The minimum atomic E-state index is -0.172. The van der Waals surface area contributed by atoms with E-state index in [1.54, 1.807) is 31.3 Å². The van der Waals surface area contributed by atoms with Crippen molar-refractivity contribution in [2.45, 2.75) is 19.3 Å². The number of hydrogen-bond donors (Lipinski definition) is 1. The minimum Gasteiger partial charge on any atom is -0.486 e. The fourth-order valence-corrected chi connectivity index (χ4v) is 3.28. The van der Waals surface area contributed by atoms with Gasteiger partial charge in [0, 0.05) is 30.8 Å². The molecule has 1 atom stereocenters. The highest BCUT2D eigenvalue weighted by Gasteiger charge is 2.26. The smallest absolute Gasteiger partial charge is 0.266 e. The van der Waals surface area contributed by atoms with Crippen LogP contribution in [-0.4, -0.2) is 28.9 Å². The van der Waals surface area contributed by atoms with Crippen molar-refractivity contribution < 1.29 is 14.3 Å². The molecule has 1 N–H and O–H groups in total. The van der Waals surface area contributed by atoms with Crippen molar-refractivity contribution in [3.8, 4) is 11.5 Å². The van der Waals surface area contributed by atoms with E-state index < -0.39 is 0 Å². The first-order valence-electron chi connectivity index (χ1n) is 8.37. The number of fused-ring (bicyclic) bond motifs is 2. The predicted molar refractivity (Wildman–Crippen MR) is 91.1 cm³/mol. The van der Waals surface area contributed by atoms with Gasteiger partial charge in [0.15, 0.2) is 11.5 Å².